The molecule has 1 unspecified atom stereocenters. The van der Waals surface area contributed by atoms with Crippen molar-refractivity contribution in [3.05, 3.63) is 63.1 Å². The standard InChI is InChI=1S/C21H20BrClN4O3/c1-13(2)19(26-20(28)15-5-3-4-6-17(15)23)21(29)27-25-12-14-7-8-18(16(22)11-14)30-10-9-24/h3-8,11-13,19H,10H2,1-2H3,(H,26,28)(H,27,29)/b25-12-. The zero-order valence-electron chi connectivity index (χ0n) is 16.4. The van der Waals surface area contributed by atoms with Crippen LogP contribution >= 0.6 is 27.5 Å². The summed E-state index contributed by atoms with van der Waals surface area (Å²) in [6, 6.07) is 12.9. The molecule has 7 nitrogen and oxygen atoms in total. The van der Waals surface area contributed by atoms with E-state index in [1.54, 1.807) is 42.5 Å². The normalized spacial score (nSPS) is 11.7. The number of amides is 2. The molecule has 0 spiro atoms. The summed E-state index contributed by atoms with van der Waals surface area (Å²) in [5.74, 6) is -0.526. The molecular weight excluding hydrogens is 472 g/mol. The zero-order chi connectivity index (χ0) is 22.1. The highest BCUT2D eigenvalue weighted by Gasteiger charge is 2.25. The van der Waals surface area contributed by atoms with Crippen molar-refractivity contribution in [2.45, 2.75) is 19.9 Å². The van der Waals surface area contributed by atoms with E-state index in [0.717, 1.165) is 0 Å². The molecule has 0 radical (unpaired) electrons. The van der Waals surface area contributed by atoms with Gasteiger partial charge in [0.2, 0.25) is 0 Å². The van der Waals surface area contributed by atoms with E-state index in [1.165, 1.54) is 6.21 Å². The second-order valence-corrected chi connectivity index (χ2v) is 7.81. The second-order valence-electron chi connectivity index (χ2n) is 6.55. The second kappa shape index (κ2) is 11.3. The molecule has 9 heteroatoms. The topological polar surface area (TPSA) is 104 Å². The van der Waals surface area contributed by atoms with Crippen LogP contribution in [0.4, 0.5) is 0 Å². The first-order chi connectivity index (χ1) is 14.3. The van der Waals surface area contributed by atoms with Gasteiger partial charge in [-0.05, 0) is 57.7 Å². The molecule has 30 heavy (non-hydrogen) atoms. The highest BCUT2D eigenvalue weighted by Crippen LogP contribution is 2.25. The summed E-state index contributed by atoms with van der Waals surface area (Å²) >= 11 is 9.41. The Morgan fingerprint density at radius 2 is 2.03 bits per heavy atom. The van der Waals surface area contributed by atoms with Gasteiger partial charge >= 0.3 is 0 Å². The molecule has 0 saturated heterocycles. The van der Waals surface area contributed by atoms with Gasteiger partial charge in [0.05, 0.1) is 21.3 Å². The maximum absolute atomic E-state index is 12.5. The molecule has 1 atom stereocenters. The van der Waals surface area contributed by atoms with Gasteiger partial charge in [-0.2, -0.15) is 10.4 Å². The van der Waals surface area contributed by atoms with Gasteiger partial charge in [0.1, 0.15) is 17.9 Å². The SMILES string of the molecule is CC(C)C(NC(=O)c1ccccc1Cl)C(=O)N/N=C\c1ccc(OCC#N)c(Br)c1. The Hall–Kier alpha value is -2.89. The van der Waals surface area contributed by atoms with Crippen LogP contribution < -0.4 is 15.5 Å². The summed E-state index contributed by atoms with van der Waals surface area (Å²) in [5.41, 5.74) is 3.44. The Labute approximate surface area is 188 Å². The monoisotopic (exact) mass is 490 g/mol. The summed E-state index contributed by atoms with van der Waals surface area (Å²) in [5, 5.41) is 15.5. The number of nitriles is 1. The van der Waals surface area contributed by atoms with Gasteiger partial charge in [0.15, 0.2) is 6.61 Å². The third-order valence-electron chi connectivity index (χ3n) is 3.99. The summed E-state index contributed by atoms with van der Waals surface area (Å²) in [6.07, 6.45) is 1.46. The van der Waals surface area contributed by atoms with Crippen molar-refractivity contribution in [3.63, 3.8) is 0 Å². The van der Waals surface area contributed by atoms with Crippen molar-refractivity contribution in [3.8, 4) is 11.8 Å². The van der Waals surface area contributed by atoms with E-state index in [-0.39, 0.29) is 12.5 Å². The Bertz CT molecular complexity index is 988. The van der Waals surface area contributed by atoms with Crippen LogP contribution in [-0.4, -0.2) is 30.7 Å². The summed E-state index contributed by atoms with van der Waals surface area (Å²) in [7, 11) is 0. The largest absolute Gasteiger partial charge is 0.478 e. The average molecular weight is 492 g/mol. The summed E-state index contributed by atoms with van der Waals surface area (Å²) < 4.78 is 5.90. The van der Waals surface area contributed by atoms with Crippen LogP contribution in [-0.2, 0) is 4.79 Å². The van der Waals surface area contributed by atoms with Crippen LogP contribution in [0.15, 0.2) is 52.0 Å². The lowest BCUT2D eigenvalue weighted by molar-refractivity contribution is -0.123. The maximum atomic E-state index is 12.5. The predicted molar refractivity (Wildman–Crippen MR) is 119 cm³/mol. The molecule has 0 bridgehead atoms. The molecule has 2 N–H and O–H groups in total. The van der Waals surface area contributed by atoms with Crippen molar-refractivity contribution < 1.29 is 14.3 Å². The van der Waals surface area contributed by atoms with Crippen molar-refractivity contribution in [1.82, 2.24) is 10.7 Å². The van der Waals surface area contributed by atoms with Crippen LogP contribution in [0, 0.1) is 17.2 Å². The van der Waals surface area contributed by atoms with Crippen molar-refractivity contribution in [1.29, 1.82) is 5.26 Å². The number of nitrogens with zero attached hydrogens (tertiary/aromatic N) is 2. The van der Waals surface area contributed by atoms with Crippen LogP contribution in [0.25, 0.3) is 0 Å². The fraction of sp³-hybridized carbons (Fsp3) is 0.238. The number of hydrogen-bond donors (Lipinski definition) is 2. The van der Waals surface area contributed by atoms with Gasteiger partial charge in [-0.3, -0.25) is 9.59 Å². The molecule has 0 aliphatic heterocycles. The molecule has 0 aliphatic carbocycles. The first-order valence-electron chi connectivity index (χ1n) is 9.01. The average Bonchev–Trinajstić information content (AvgIpc) is 2.71. The lowest BCUT2D eigenvalue weighted by atomic mass is 10.0. The minimum atomic E-state index is -0.792. The number of hydrogen-bond acceptors (Lipinski definition) is 5. The van der Waals surface area contributed by atoms with E-state index >= 15 is 0 Å². The lowest BCUT2D eigenvalue weighted by Gasteiger charge is -2.20. The minimum Gasteiger partial charge on any atom is -0.478 e. The molecule has 2 aromatic rings. The Morgan fingerprint density at radius 3 is 2.67 bits per heavy atom. The van der Waals surface area contributed by atoms with Crippen molar-refractivity contribution in [2.75, 3.05) is 6.61 Å². The molecule has 0 heterocycles. The molecule has 2 rings (SSSR count). The third kappa shape index (κ3) is 6.58. The molecule has 0 aliphatic rings. The van der Waals surface area contributed by atoms with Crippen LogP contribution in [0.3, 0.4) is 0 Å². The molecule has 156 valence electrons. The van der Waals surface area contributed by atoms with E-state index in [0.29, 0.717) is 26.4 Å². The number of carbonyl (C=O) groups is 2. The van der Waals surface area contributed by atoms with E-state index < -0.39 is 17.9 Å². The van der Waals surface area contributed by atoms with Crippen molar-refractivity contribution >= 4 is 45.6 Å². The van der Waals surface area contributed by atoms with E-state index in [2.05, 4.69) is 31.8 Å². The number of benzene rings is 2. The summed E-state index contributed by atoms with van der Waals surface area (Å²) in [6.45, 7) is 3.58. The zero-order valence-corrected chi connectivity index (χ0v) is 18.7. The smallest absolute Gasteiger partial charge is 0.262 e. The van der Waals surface area contributed by atoms with E-state index in [1.807, 2.05) is 19.9 Å². The predicted octanol–water partition coefficient (Wildman–Crippen LogP) is 3.91. The Morgan fingerprint density at radius 1 is 1.30 bits per heavy atom. The number of carbonyl (C=O) groups excluding carboxylic acids is 2. The van der Waals surface area contributed by atoms with E-state index in [4.69, 9.17) is 21.6 Å². The molecule has 0 saturated carbocycles. The first-order valence-corrected chi connectivity index (χ1v) is 10.2. The molecule has 0 aromatic heterocycles. The number of hydrazone groups is 1. The Balaban J connectivity index is 2.01. The fourth-order valence-electron chi connectivity index (χ4n) is 2.46. The highest BCUT2D eigenvalue weighted by molar-refractivity contribution is 9.10. The molecule has 2 amide bonds. The van der Waals surface area contributed by atoms with Crippen molar-refractivity contribution in [2.24, 2.45) is 11.0 Å². The first kappa shape index (κ1) is 23.4. The third-order valence-corrected chi connectivity index (χ3v) is 4.94. The van der Waals surface area contributed by atoms with E-state index in [9.17, 15) is 9.59 Å². The van der Waals surface area contributed by atoms with Gasteiger partial charge in [-0.25, -0.2) is 5.43 Å². The maximum Gasteiger partial charge on any atom is 0.262 e. The van der Waals surface area contributed by atoms with Gasteiger partial charge in [0.25, 0.3) is 11.8 Å². The quantitative estimate of drug-likeness (QED) is 0.431. The lowest BCUT2D eigenvalue weighted by Crippen LogP contribution is -2.48. The Kier molecular flexibility index (Phi) is 8.84. The van der Waals surface area contributed by atoms with Crippen LogP contribution in [0.2, 0.25) is 5.02 Å². The number of ether oxygens (including phenoxy) is 1. The summed E-state index contributed by atoms with van der Waals surface area (Å²) in [4.78, 5) is 25.0. The van der Waals surface area contributed by atoms with Crippen LogP contribution in [0.5, 0.6) is 5.75 Å². The minimum absolute atomic E-state index is 0.0569. The number of nitrogens with one attached hydrogen (secondary N) is 2. The molecule has 2 aromatic carbocycles. The number of halogens is 2. The van der Waals surface area contributed by atoms with Crippen LogP contribution in [0.1, 0.15) is 29.8 Å². The van der Waals surface area contributed by atoms with Gasteiger partial charge < -0.3 is 10.1 Å². The number of rotatable bonds is 8. The highest BCUT2D eigenvalue weighted by atomic mass is 79.9. The molecule has 0 fully saturated rings. The molecular formula is C21H20BrClN4O3. The van der Waals surface area contributed by atoms with Gasteiger partial charge in [-0.1, -0.05) is 37.6 Å². The van der Waals surface area contributed by atoms with Gasteiger partial charge in [-0.15, -0.1) is 0 Å². The fourth-order valence-corrected chi connectivity index (χ4v) is 3.20. The van der Waals surface area contributed by atoms with Gasteiger partial charge in [0, 0.05) is 0 Å².